The van der Waals surface area contributed by atoms with Crippen LogP contribution in [-0.4, -0.2) is 24.4 Å². The summed E-state index contributed by atoms with van der Waals surface area (Å²) in [6, 6.07) is 14.0. The number of amides is 2. The number of fused-ring (bicyclic) bond motifs is 1. The van der Waals surface area contributed by atoms with Crippen LogP contribution in [-0.2, 0) is 17.8 Å². The van der Waals surface area contributed by atoms with E-state index in [0.717, 1.165) is 5.56 Å². The van der Waals surface area contributed by atoms with Gasteiger partial charge in [0.25, 0.3) is 5.91 Å². The number of ether oxygens (including phenoxy) is 2. The van der Waals surface area contributed by atoms with E-state index in [1.807, 2.05) is 12.1 Å². The molecule has 1 aliphatic heterocycles. The van der Waals surface area contributed by atoms with Gasteiger partial charge in [0.05, 0.1) is 16.8 Å². The smallest absolute Gasteiger partial charge is 0.253 e. The Morgan fingerprint density at radius 2 is 1.76 bits per heavy atom. The first kappa shape index (κ1) is 22.1. The van der Waals surface area contributed by atoms with Gasteiger partial charge in [0.15, 0.2) is 17.3 Å². The molecular weight excluding hydrogens is 424 g/mol. The quantitative estimate of drug-likeness (QED) is 0.504. The summed E-state index contributed by atoms with van der Waals surface area (Å²) in [7, 11) is 0. The maximum atomic E-state index is 12.8. The SMILES string of the molecule is CC(=O)c1cc(CCC(=O)Nc2ccccc2C(=O)NCc2ccc3c(c2)OCO3)oc1C. The van der Waals surface area contributed by atoms with Gasteiger partial charge in [0.1, 0.15) is 11.5 Å². The summed E-state index contributed by atoms with van der Waals surface area (Å²) in [5.41, 5.74) is 2.17. The summed E-state index contributed by atoms with van der Waals surface area (Å²) in [5.74, 6) is 1.80. The summed E-state index contributed by atoms with van der Waals surface area (Å²) in [4.78, 5) is 36.8. The molecule has 1 aromatic heterocycles. The topological polar surface area (TPSA) is 107 Å². The van der Waals surface area contributed by atoms with Crippen molar-refractivity contribution in [3.63, 3.8) is 0 Å². The third kappa shape index (κ3) is 5.23. The molecule has 0 saturated carbocycles. The highest BCUT2D eigenvalue weighted by atomic mass is 16.7. The molecule has 0 bridgehead atoms. The van der Waals surface area contributed by atoms with Gasteiger partial charge in [0, 0.05) is 19.4 Å². The van der Waals surface area contributed by atoms with Crippen LogP contribution in [0, 0.1) is 6.92 Å². The van der Waals surface area contributed by atoms with E-state index in [0.29, 0.717) is 52.8 Å². The van der Waals surface area contributed by atoms with Gasteiger partial charge in [-0.25, -0.2) is 0 Å². The van der Waals surface area contributed by atoms with Crippen molar-refractivity contribution in [3.8, 4) is 11.5 Å². The fraction of sp³-hybridized carbons (Fsp3) is 0.240. The predicted octanol–water partition coefficient (Wildman–Crippen LogP) is 4.02. The van der Waals surface area contributed by atoms with Crippen molar-refractivity contribution < 1.29 is 28.3 Å². The monoisotopic (exact) mass is 448 g/mol. The molecule has 0 aliphatic carbocycles. The fourth-order valence-electron chi connectivity index (χ4n) is 3.58. The lowest BCUT2D eigenvalue weighted by molar-refractivity contribution is -0.116. The van der Waals surface area contributed by atoms with Gasteiger partial charge in [-0.1, -0.05) is 18.2 Å². The predicted molar refractivity (Wildman–Crippen MR) is 121 cm³/mol. The van der Waals surface area contributed by atoms with Gasteiger partial charge < -0.3 is 24.5 Å². The highest BCUT2D eigenvalue weighted by Gasteiger charge is 2.17. The summed E-state index contributed by atoms with van der Waals surface area (Å²) in [5, 5.41) is 5.66. The molecule has 3 aromatic rings. The minimum absolute atomic E-state index is 0.0763. The molecule has 0 spiro atoms. The molecule has 0 fully saturated rings. The Morgan fingerprint density at radius 1 is 0.970 bits per heavy atom. The minimum Gasteiger partial charge on any atom is -0.466 e. The number of para-hydroxylation sites is 1. The zero-order valence-electron chi connectivity index (χ0n) is 18.4. The molecular formula is C25H24N2O6. The maximum absolute atomic E-state index is 12.8. The Balaban J connectivity index is 1.35. The van der Waals surface area contributed by atoms with Gasteiger partial charge in [-0.05, 0) is 49.7 Å². The molecule has 2 amide bonds. The number of nitrogens with one attached hydrogen (secondary N) is 2. The van der Waals surface area contributed by atoms with Crippen LogP contribution in [0.5, 0.6) is 11.5 Å². The van der Waals surface area contributed by atoms with Crippen LogP contribution in [0.25, 0.3) is 0 Å². The van der Waals surface area contributed by atoms with E-state index in [1.54, 1.807) is 43.3 Å². The lowest BCUT2D eigenvalue weighted by atomic mass is 10.1. The molecule has 0 radical (unpaired) electrons. The normalized spacial score (nSPS) is 11.8. The van der Waals surface area contributed by atoms with Crippen molar-refractivity contribution in [3.05, 3.63) is 76.7 Å². The number of ketones is 1. The first-order chi connectivity index (χ1) is 15.9. The Bertz CT molecular complexity index is 1210. The summed E-state index contributed by atoms with van der Waals surface area (Å²) in [6.07, 6.45) is 0.496. The molecule has 1 aliphatic rings. The van der Waals surface area contributed by atoms with Gasteiger partial charge >= 0.3 is 0 Å². The Labute approximate surface area is 190 Å². The van der Waals surface area contributed by atoms with E-state index in [2.05, 4.69) is 10.6 Å². The van der Waals surface area contributed by atoms with Crippen LogP contribution in [0.1, 0.15) is 51.1 Å². The van der Waals surface area contributed by atoms with E-state index < -0.39 is 0 Å². The number of rotatable bonds is 8. The van der Waals surface area contributed by atoms with Crippen LogP contribution in [0.15, 0.2) is 52.9 Å². The number of carbonyl (C=O) groups is 3. The van der Waals surface area contributed by atoms with E-state index in [9.17, 15) is 14.4 Å². The molecule has 0 atom stereocenters. The largest absolute Gasteiger partial charge is 0.466 e. The number of hydrogen-bond acceptors (Lipinski definition) is 6. The minimum atomic E-state index is -0.309. The first-order valence-corrected chi connectivity index (χ1v) is 10.6. The van der Waals surface area contributed by atoms with Gasteiger partial charge in [-0.3, -0.25) is 14.4 Å². The second-order valence-corrected chi connectivity index (χ2v) is 7.70. The molecule has 170 valence electrons. The van der Waals surface area contributed by atoms with Crippen molar-refractivity contribution in [2.45, 2.75) is 33.2 Å². The van der Waals surface area contributed by atoms with E-state index in [4.69, 9.17) is 13.9 Å². The number of hydrogen-bond donors (Lipinski definition) is 2. The van der Waals surface area contributed by atoms with E-state index in [-0.39, 0.29) is 30.8 Å². The van der Waals surface area contributed by atoms with E-state index >= 15 is 0 Å². The molecule has 2 N–H and O–H groups in total. The highest BCUT2D eigenvalue weighted by Crippen LogP contribution is 2.32. The van der Waals surface area contributed by atoms with E-state index in [1.165, 1.54) is 6.92 Å². The zero-order chi connectivity index (χ0) is 23.4. The molecule has 4 rings (SSSR count). The summed E-state index contributed by atoms with van der Waals surface area (Å²) in [6.45, 7) is 3.69. The van der Waals surface area contributed by atoms with Crippen molar-refractivity contribution in [1.82, 2.24) is 5.32 Å². The second-order valence-electron chi connectivity index (χ2n) is 7.70. The second kappa shape index (κ2) is 9.60. The van der Waals surface area contributed by atoms with Crippen LogP contribution in [0.4, 0.5) is 5.69 Å². The van der Waals surface area contributed by atoms with Crippen LogP contribution in [0.2, 0.25) is 0 Å². The number of anilines is 1. The van der Waals surface area contributed by atoms with Crippen LogP contribution >= 0.6 is 0 Å². The molecule has 2 heterocycles. The van der Waals surface area contributed by atoms with Gasteiger partial charge in [0.2, 0.25) is 12.7 Å². The molecule has 0 saturated heterocycles. The zero-order valence-corrected chi connectivity index (χ0v) is 18.4. The van der Waals surface area contributed by atoms with Crippen molar-refractivity contribution in [2.75, 3.05) is 12.1 Å². The van der Waals surface area contributed by atoms with Crippen LogP contribution < -0.4 is 20.1 Å². The Morgan fingerprint density at radius 3 is 2.55 bits per heavy atom. The lowest BCUT2D eigenvalue weighted by Crippen LogP contribution is -2.25. The molecule has 8 heteroatoms. The van der Waals surface area contributed by atoms with Crippen molar-refractivity contribution in [1.29, 1.82) is 0 Å². The molecule has 2 aromatic carbocycles. The number of benzene rings is 2. The Hall–Kier alpha value is -4.07. The third-order valence-corrected chi connectivity index (χ3v) is 5.28. The fourth-order valence-corrected chi connectivity index (χ4v) is 3.58. The standard InChI is InChI=1S/C25H24N2O6/c1-15(28)20-12-18(33-16(20)2)8-10-24(29)27-21-6-4-3-5-19(21)25(30)26-13-17-7-9-22-23(11-17)32-14-31-22/h3-7,9,11-12H,8,10,13-14H2,1-2H3,(H,26,30)(H,27,29). The number of carbonyl (C=O) groups excluding carboxylic acids is 3. The number of furan rings is 1. The number of Topliss-reactive ketones (excluding diaryl/α,β-unsaturated/α-hetero) is 1. The summed E-state index contributed by atoms with van der Waals surface area (Å²) < 4.78 is 16.2. The van der Waals surface area contributed by atoms with Crippen molar-refractivity contribution >= 4 is 23.3 Å². The molecule has 0 unspecified atom stereocenters. The van der Waals surface area contributed by atoms with Crippen molar-refractivity contribution in [2.24, 2.45) is 0 Å². The average Bonchev–Trinajstić information content (AvgIpc) is 3.42. The lowest BCUT2D eigenvalue weighted by Gasteiger charge is -2.11. The number of aryl methyl sites for hydroxylation is 2. The van der Waals surface area contributed by atoms with Crippen LogP contribution in [0.3, 0.4) is 0 Å². The average molecular weight is 448 g/mol. The molecule has 33 heavy (non-hydrogen) atoms. The van der Waals surface area contributed by atoms with Gasteiger partial charge in [-0.15, -0.1) is 0 Å². The highest BCUT2D eigenvalue weighted by molar-refractivity contribution is 6.03. The third-order valence-electron chi connectivity index (χ3n) is 5.28. The maximum Gasteiger partial charge on any atom is 0.253 e. The van der Waals surface area contributed by atoms with Gasteiger partial charge in [-0.2, -0.15) is 0 Å². The first-order valence-electron chi connectivity index (χ1n) is 10.6. The summed E-state index contributed by atoms with van der Waals surface area (Å²) >= 11 is 0. The molecule has 8 nitrogen and oxygen atoms in total. The Kier molecular flexibility index (Phi) is 6.44.